The standard InChI is InChI=1S/C24H23N5O3/c1-32-20-13-11-19(12-14-20)25-23(30)16-28(15-18-7-3-2-4-8-18)24(31)17-29-22-10-6-5-9-21(22)26-27-29/h2-14H,15-17H2,1H3,(H,25,30). The number of aromatic nitrogens is 3. The number of benzene rings is 3. The van der Waals surface area contributed by atoms with Gasteiger partial charge in [0.1, 0.15) is 24.4 Å². The third-order valence-electron chi connectivity index (χ3n) is 4.98. The molecule has 0 aliphatic heterocycles. The predicted molar refractivity (Wildman–Crippen MR) is 121 cm³/mol. The topological polar surface area (TPSA) is 89.4 Å². The average Bonchev–Trinajstić information content (AvgIpc) is 3.22. The highest BCUT2D eigenvalue weighted by Gasteiger charge is 2.20. The summed E-state index contributed by atoms with van der Waals surface area (Å²) in [6, 6.07) is 24.0. The Morgan fingerprint density at radius 2 is 1.69 bits per heavy atom. The van der Waals surface area contributed by atoms with E-state index < -0.39 is 0 Å². The van der Waals surface area contributed by atoms with Crippen LogP contribution in [0.15, 0.2) is 78.9 Å². The minimum absolute atomic E-state index is 0.0108. The first-order chi connectivity index (χ1) is 15.6. The van der Waals surface area contributed by atoms with Gasteiger partial charge in [-0.05, 0) is 42.0 Å². The molecule has 0 bridgehead atoms. The van der Waals surface area contributed by atoms with Gasteiger partial charge in [0.2, 0.25) is 11.8 Å². The van der Waals surface area contributed by atoms with Crippen molar-refractivity contribution in [2.45, 2.75) is 13.1 Å². The second-order valence-electron chi connectivity index (χ2n) is 7.25. The lowest BCUT2D eigenvalue weighted by Gasteiger charge is -2.22. The second kappa shape index (κ2) is 9.74. The average molecular weight is 429 g/mol. The third-order valence-corrected chi connectivity index (χ3v) is 4.98. The monoisotopic (exact) mass is 429 g/mol. The smallest absolute Gasteiger partial charge is 0.245 e. The summed E-state index contributed by atoms with van der Waals surface area (Å²) in [5.74, 6) is 0.182. The van der Waals surface area contributed by atoms with Gasteiger partial charge in [-0.2, -0.15) is 0 Å². The van der Waals surface area contributed by atoms with Crippen LogP contribution in [0.3, 0.4) is 0 Å². The van der Waals surface area contributed by atoms with Crippen LogP contribution in [-0.4, -0.2) is 45.4 Å². The molecule has 0 aliphatic rings. The van der Waals surface area contributed by atoms with Crippen LogP contribution in [0.1, 0.15) is 5.56 Å². The van der Waals surface area contributed by atoms with Crippen LogP contribution in [0.25, 0.3) is 11.0 Å². The lowest BCUT2D eigenvalue weighted by molar-refractivity contribution is -0.136. The molecular formula is C24H23N5O3. The highest BCUT2D eigenvalue weighted by molar-refractivity contribution is 5.94. The van der Waals surface area contributed by atoms with E-state index in [1.807, 2.05) is 54.6 Å². The normalized spacial score (nSPS) is 10.7. The zero-order valence-corrected chi connectivity index (χ0v) is 17.6. The van der Waals surface area contributed by atoms with Crippen molar-refractivity contribution in [1.29, 1.82) is 0 Å². The fraction of sp³-hybridized carbons (Fsp3) is 0.167. The summed E-state index contributed by atoms with van der Waals surface area (Å²) in [5.41, 5.74) is 3.04. The Balaban J connectivity index is 1.49. The number of amides is 2. The summed E-state index contributed by atoms with van der Waals surface area (Å²) >= 11 is 0. The van der Waals surface area contributed by atoms with Crippen molar-refractivity contribution < 1.29 is 14.3 Å². The maximum Gasteiger partial charge on any atom is 0.245 e. The number of carbonyl (C=O) groups is 2. The van der Waals surface area contributed by atoms with Crippen molar-refractivity contribution in [2.24, 2.45) is 0 Å². The fourth-order valence-corrected chi connectivity index (χ4v) is 3.35. The minimum atomic E-state index is -0.289. The van der Waals surface area contributed by atoms with Gasteiger partial charge in [-0.25, -0.2) is 4.68 Å². The zero-order valence-electron chi connectivity index (χ0n) is 17.6. The molecule has 8 nitrogen and oxygen atoms in total. The van der Waals surface area contributed by atoms with Gasteiger partial charge in [-0.3, -0.25) is 9.59 Å². The number of anilines is 1. The summed E-state index contributed by atoms with van der Waals surface area (Å²) in [4.78, 5) is 27.4. The van der Waals surface area contributed by atoms with Gasteiger partial charge in [0, 0.05) is 12.2 Å². The van der Waals surface area contributed by atoms with E-state index in [2.05, 4.69) is 15.6 Å². The van der Waals surface area contributed by atoms with Gasteiger partial charge in [0.05, 0.1) is 12.6 Å². The maximum absolute atomic E-state index is 13.2. The Hall–Kier alpha value is -4.20. The van der Waals surface area contributed by atoms with Gasteiger partial charge in [0.15, 0.2) is 0 Å². The van der Waals surface area contributed by atoms with Gasteiger partial charge < -0.3 is 15.0 Å². The van der Waals surface area contributed by atoms with Crippen molar-refractivity contribution in [2.75, 3.05) is 19.0 Å². The van der Waals surface area contributed by atoms with Crippen molar-refractivity contribution >= 4 is 28.5 Å². The number of methoxy groups -OCH3 is 1. The first kappa shape index (κ1) is 21.0. The first-order valence-corrected chi connectivity index (χ1v) is 10.2. The molecule has 0 saturated heterocycles. The van der Waals surface area contributed by atoms with Gasteiger partial charge in [-0.1, -0.05) is 47.7 Å². The molecule has 0 saturated carbocycles. The molecule has 0 unspecified atom stereocenters. The van der Waals surface area contributed by atoms with Crippen molar-refractivity contribution in [1.82, 2.24) is 19.9 Å². The van der Waals surface area contributed by atoms with Crippen LogP contribution < -0.4 is 10.1 Å². The maximum atomic E-state index is 13.2. The van der Waals surface area contributed by atoms with Crippen LogP contribution in [0.2, 0.25) is 0 Å². The molecule has 4 aromatic rings. The Bertz CT molecular complexity index is 1210. The number of hydrogen-bond donors (Lipinski definition) is 1. The zero-order chi connectivity index (χ0) is 22.3. The number of hydrogen-bond acceptors (Lipinski definition) is 5. The molecule has 1 heterocycles. The third kappa shape index (κ3) is 5.10. The summed E-state index contributed by atoms with van der Waals surface area (Å²) in [6.07, 6.45) is 0. The largest absolute Gasteiger partial charge is 0.497 e. The van der Waals surface area contributed by atoms with Crippen LogP contribution >= 0.6 is 0 Å². The molecule has 3 aromatic carbocycles. The molecule has 32 heavy (non-hydrogen) atoms. The Kier molecular flexibility index (Phi) is 6.41. The lowest BCUT2D eigenvalue weighted by Crippen LogP contribution is -2.39. The van der Waals surface area contributed by atoms with E-state index >= 15 is 0 Å². The summed E-state index contributed by atoms with van der Waals surface area (Å²) < 4.78 is 6.69. The molecule has 162 valence electrons. The van der Waals surface area contributed by atoms with Crippen molar-refractivity contribution in [3.63, 3.8) is 0 Å². The molecule has 0 atom stereocenters. The number of para-hydroxylation sites is 1. The van der Waals surface area contributed by atoms with Gasteiger partial charge >= 0.3 is 0 Å². The fourth-order valence-electron chi connectivity index (χ4n) is 3.35. The minimum Gasteiger partial charge on any atom is -0.497 e. The SMILES string of the molecule is COc1ccc(NC(=O)CN(Cc2ccccc2)C(=O)Cn2nnc3ccccc32)cc1. The molecule has 0 radical (unpaired) electrons. The molecular weight excluding hydrogens is 406 g/mol. The summed E-state index contributed by atoms with van der Waals surface area (Å²) in [5, 5.41) is 11.0. The van der Waals surface area contributed by atoms with E-state index in [1.165, 1.54) is 4.90 Å². The van der Waals surface area contributed by atoms with E-state index in [0.717, 1.165) is 11.1 Å². The van der Waals surface area contributed by atoms with Crippen LogP contribution in [0, 0.1) is 0 Å². The number of nitrogens with one attached hydrogen (secondary N) is 1. The highest BCUT2D eigenvalue weighted by Crippen LogP contribution is 2.16. The molecule has 1 aromatic heterocycles. The number of rotatable bonds is 8. The lowest BCUT2D eigenvalue weighted by atomic mass is 10.2. The van der Waals surface area contributed by atoms with E-state index in [4.69, 9.17) is 4.74 Å². The van der Waals surface area contributed by atoms with E-state index in [1.54, 1.807) is 36.1 Å². The second-order valence-corrected chi connectivity index (χ2v) is 7.25. The van der Waals surface area contributed by atoms with E-state index in [-0.39, 0.29) is 24.9 Å². The van der Waals surface area contributed by atoms with Crippen LogP contribution in [0.5, 0.6) is 5.75 Å². The van der Waals surface area contributed by atoms with Crippen LogP contribution in [0.4, 0.5) is 5.69 Å². The van der Waals surface area contributed by atoms with Gasteiger partial charge in [-0.15, -0.1) is 5.10 Å². The summed E-state index contributed by atoms with van der Waals surface area (Å²) in [7, 11) is 1.58. The number of ether oxygens (including phenoxy) is 1. The number of fused-ring (bicyclic) bond motifs is 1. The predicted octanol–water partition coefficient (Wildman–Crippen LogP) is 3.11. The number of nitrogens with zero attached hydrogens (tertiary/aromatic N) is 4. The Morgan fingerprint density at radius 3 is 2.44 bits per heavy atom. The Labute approximate surface area is 185 Å². The van der Waals surface area contributed by atoms with Crippen molar-refractivity contribution in [3.05, 3.63) is 84.4 Å². The van der Waals surface area contributed by atoms with Crippen molar-refractivity contribution in [3.8, 4) is 5.75 Å². The number of carbonyl (C=O) groups excluding carboxylic acids is 2. The Morgan fingerprint density at radius 1 is 0.969 bits per heavy atom. The molecule has 1 N–H and O–H groups in total. The van der Waals surface area contributed by atoms with E-state index in [9.17, 15) is 9.59 Å². The quantitative estimate of drug-likeness (QED) is 0.465. The van der Waals surface area contributed by atoms with E-state index in [0.29, 0.717) is 23.5 Å². The first-order valence-electron chi connectivity index (χ1n) is 10.2. The molecule has 4 rings (SSSR count). The molecule has 0 spiro atoms. The van der Waals surface area contributed by atoms with Crippen LogP contribution in [-0.2, 0) is 22.7 Å². The molecule has 0 aliphatic carbocycles. The summed E-state index contributed by atoms with van der Waals surface area (Å²) in [6.45, 7) is 0.206. The highest BCUT2D eigenvalue weighted by atomic mass is 16.5. The molecule has 8 heteroatoms. The molecule has 0 fully saturated rings. The molecule has 2 amide bonds. The van der Waals surface area contributed by atoms with Gasteiger partial charge in [0.25, 0.3) is 0 Å².